The zero-order valence-corrected chi connectivity index (χ0v) is 18.7. The molecule has 1 spiro atoms. The van der Waals surface area contributed by atoms with Crippen LogP contribution in [-0.2, 0) is 33.8 Å². The summed E-state index contributed by atoms with van der Waals surface area (Å²) in [5.41, 5.74) is 1.22. The molecule has 2 aliphatic rings. The number of nitrogens with zero attached hydrogens (tertiary/aromatic N) is 2. The zero-order valence-electron chi connectivity index (χ0n) is 17.9. The molecule has 1 aromatic carbocycles. The van der Waals surface area contributed by atoms with E-state index in [4.69, 9.17) is 0 Å². The molecular weight excluding hydrogens is 428 g/mol. The van der Waals surface area contributed by atoms with Crippen molar-refractivity contribution in [3.63, 3.8) is 0 Å². The molecule has 8 nitrogen and oxygen atoms in total. The van der Waals surface area contributed by atoms with E-state index in [1.807, 2.05) is 41.8 Å². The number of nitrogens with one attached hydrogen (secondary N) is 2. The molecule has 1 atom stereocenters. The largest absolute Gasteiger partial charge is 0.350 e. The Morgan fingerprint density at radius 1 is 1.19 bits per heavy atom. The number of carbonyl (C=O) groups is 4. The first kappa shape index (κ1) is 22.0. The minimum absolute atomic E-state index is 0.122. The first-order chi connectivity index (χ1) is 15.4. The average molecular weight is 455 g/mol. The summed E-state index contributed by atoms with van der Waals surface area (Å²) in [6.45, 7) is 1.96. The minimum Gasteiger partial charge on any atom is -0.350 e. The van der Waals surface area contributed by atoms with Crippen LogP contribution in [0.15, 0.2) is 41.8 Å². The summed E-state index contributed by atoms with van der Waals surface area (Å²) in [6, 6.07) is 11.2. The van der Waals surface area contributed by atoms with E-state index in [1.165, 1.54) is 10.5 Å². The molecule has 2 aromatic rings. The summed E-state index contributed by atoms with van der Waals surface area (Å²) in [5, 5.41) is 7.56. The first-order valence-electron chi connectivity index (χ1n) is 10.7. The fourth-order valence-electron chi connectivity index (χ4n) is 4.28. The van der Waals surface area contributed by atoms with Gasteiger partial charge < -0.3 is 15.5 Å². The average Bonchev–Trinajstić information content (AvgIpc) is 3.39. The lowest BCUT2D eigenvalue weighted by molar-refractivity contribution is -0.140. The van der Waals surface area contributed by atoms with Crippen LogP contribution in [0.25, 0.3) is 0 Å². The third kappa shape index (κ3) is 4.38. The summed E-state index contributed by atoms with van der Waals surface area (Å²) >= 11 is 1.54. The number of thiophene rings is 1. The maximum atomic E-state index is 13.2. The Hall–Kier alpha value is -3.20. The predicted molar refractivity (Wildman–Crippen MR) is 120 cm³/mol. The Kier molecular flexibility index (Phi) is 6.27. The van der Waals surface area contributed by atoms with Crippen LogP contribution in [0.4, 0.5) is 4.79 Å². The molecule has 1 aliphatic heterocycles. The number of likely N-dealkylation sites (N-methyl/N-ethyl adjacent to an activating group) is 1. The monoisotopic (exact) mass is 454 g/mol. The molecule has 1 aromatic heterocycles. The number of imide groups is 1. The van der Waals surface area contributed by atoms with Gasteiger partial charge in [-0.05, 0) is 42.3 Å². The molecule has 1 aliphatic carbocycles. The summed E-state index contributed by atoms with van der Waals surface area (Å²) < 4.78 is 0. The van der Waals surface area contributed by atoms with Crippen molar-refractivity contribution in [2.45, 2.75) is 38.3 Å². The Balaban J connectivity index is 1.37. The third-order valence-electron chi connectivity index (χ3n) is 6.08. The Morgan fingerprint density at radius 2 is 1.97 bits per heavy atom. The smallest absolute Gasteiger partial charge is 0.325 e. The number of benzene rings is 1. The van der Waals surface area contributed by atoms with Crippen LogP contribution in [0.5, 0.6) is 0 Å². The molecule has 0 bridgehead atoms. The van der Waals surface area contributed by atoms with E-state index in [1.54, 1.807) is 18.3 Å². The minimum atomic E-state index is -0.999. The van der Waals surface area contributed by atoms with Gasteiger partial charge in [-0.2, -0.15) is 0 Å². The molecule has 2 heterocycles. The van der Waals surface area contributed by atoms with E-state index in [9.17, 15) is 19.2 Å². The summed E-state index contributed by atoms with van der Waals surface area (Å²) in [4.78, 5) is 54.3. The fourth-order valence-corrected chi connectivity index (χ4v) is 4.93. The summed E-state index contributed by atoms with van der Waals surface area (Å²) in [7, 11) is 0. The molecule has 1 unspecified atom stereocenters. The van der Waals surface area contributed by atoms with Gasteiger partial charge in [0.05, 0.1) is 13.1 Å². The van der Waals surface area contributed by atoms with Crippen molar-refractivity contribution in [3.05, 3.63) is 57.8 Å². The summed E-state index contributed by atoms with van der Waals surface area (Å²) in [5.74, 6) is -1.09. The van der Waals surface area contributed by atoms with Crippen LogP contribution < -0.4 is 10.6 Å². The van der Waals surface area contributed by atoms with Gasteiger partial charge in [-0.3, -0.25) is 19.3 Å². The van der Waals surface area contributed by atoms with Crippen LogP contribution in [-0.4, -0.2) is 58.7 Å². The van der Waals surface area contributed by atoms with Crippen LogP contribution in [0.2, 0.25) is 0 Å². The van der Waals surface area contributed by atoms with E-state index in [-0.39, 0.29) is 24.9 Å². The van der Waals surface area contributed by atoms with Crippen molar-refractivity contribution in [1.82, 2.24) is 20.4 Å². The van der Waals surface area contributed by atoms with Crippen molar-refractivity contribution in [1.29, 1.82) is 0 Å². The van der Waals surface area contributed by atoms with Gasteiger partial charge in [0.2, 0.25) is 11.8 Å². The molecule has 5 amide bonds. The van der Waals surface area contributed by atoms with Crippen LogP contribution >= 0.6 is 11.3 Å². The van der Waals surface area contributed by atoms with E-state index < -0.39 is 17.5 Å². The molecular formula is C23H26N4O4S. The number of urea groups is 1. The number of fused-ring (bicyclic) bond motifs is 1. The van der Waals surface area contributed by atoms with Crippen LogP contribution in [0.1, 0.15) is 29.3 Å². The maximum absolute atomic E-state index is 13.2. The van der Waals surface area contributed by atoms with Gasteiger partial charge in [-0.25, -0.2) is 4.79 Å². The second-order valence-electron chi connectivity index (χ2n) is 8.11. The molecule has 9 heteroatoms. The maximum Gasteiger partial charge on any atom is 0.325 e. The molecule has 1 fully saturated rings. The van der Waals surface area contributed by atoms with Crippen molar-refractivity contribution >= 4 is 35.1 Å². The van der Waals surface area contributed by atoms with Gasteiger partial charge in [0.25, 0.3) is 5.91 Å². The number of amides is 5. The molecule has 2 N–H and O–H groups in total. The second kappa shape index (κ2) is 9.12. The topological polar surface area (TPSA) is 98.8 Å². The third-order valence-corrected chi connectivity index (χ3v) is 6.96. The highest BCUT2D eigenvalue weighted by molar-refractivity contribution is 7.09. The number of hydrogen-bond donors (Lipinski definition) is 2. The Morgan fingerprint density at radius 3 is 2.69 bits per heavy atom. The Bertz CT molecular complexity index is 1040. The lowest BCUT2D eigenvalue weighted by Crippen LogP contribution is -2.52. The lowest BCUT2D eigenvalue weighted by Gasteiger charge is -2.32. The highest BCUT2D eigenvalue weighted by Crippen LogP contribution is 2.33. The van der Waals surface area contributed by atoms with Crippen LogP contribution in [0, 0.1) is 0 Å². The number of hydrogen-bond acceptors (Lipinski definition) is 5. The number of aryl methyl sites for hydroxylation is 1. The van der Waals surface area contributed by atoms with Crippen molar-refractivity contribution in [2.75, 3.05) is 19.6 Å². The summed E-state index contributed by atoms with van der Waals surface area (Å²) in [6.07, 6.45) is 1.61. The first-order valence-corrected chi connectivity index (χ1v) is 11.6. The van der Waals surface area contributed by atoms with E-state index in [2.05, 4.69) is 10.6 Å². The van der Waals surface area contributed by atoms with Gasteiger partial charge in [-0.15, -0.1) is 11.3 Å². The Labute approximate surface area is 190 Å². The number of rotatable bonds is 7. The SMILES string of the molecule is CCN(CC(=O)NCc1cccs1)C(=O)CN1C(=O)NC2(CCc3ccccc3C2)C1=O. The van der Waals surface area contributed by atoms with Gasteiger partial charge in [-0.1, -0.05) is 30.3 Å². The molecule has 168 valence electrons. The van der Waals surface area contributed by atoms with Crippen molar-refractivity contribution in [3.8, 4) is 0 Å². The molecule has 32 heavy (non-hydrogen) atoms. The van der Waals surface area contributed by atoms with E-state index in [0.29, 0.717) is 32.4 Å². The van der Waals surface area contributed by atoms with E-state index >= 15 is 0 Å². The highest BCUT2D eigenvalue weighted by atomic mass is 32.1. The zero-order chi connectivity index (χ0) is 22.7. The molecule has 0 saturated carbocycles. The number of carbonyl (C=O) groups excluding carboxylic acids is 4. The van der Waals surface area contributed by atoms with Gasteiger partial charge in [0, 0.05) is 17.8 Å². The lowest BCUT2D eigenvalue weighted by atomic mass is 9.78. The fraction of sp³-hybridized carbons (Fsp3) is 0.391. The molecule has 0 radical (unpaired) electrons. The van der Waals surface area contributed by atoms with Gasteiger partial charge >= 0.3 is 6.03 Å². The predicted octanol–water partition coefficient (Wildman–Crippen LogP) is 1.69. The normalized spacial score (nSPS) is 19.6. The van der Waals surface area contributed by atoms with Crippen molar-refractivity contribution in [2.24, 2.45) is 0 Å². The van der Waals surface area contributed by atoms with E-state index in [0.717, 1.165) is 15.3 Å². The standard InChI is InChI=1S/C23H26N4O4S/c1-2-26(14-19(28)24-13-18-8-5-11-32-18)20(29)15-27-21(30)23(25-22(27)31)10-9-16-6-3-4-7-17(16)12-23/h3-8,11H,2,9-10,12-15H2,1H3,(H,24,28)(H,25,31). The van der Waals surface area contributed by atoms with Crippen molar-refractivity contribution < 1.29 is 19.2 Å². The van der Waals surface area contributed by atoms with Gasteiger partial charge in [0.1, 0.15) is 12.1 Å². The van der Waals surface area contributed by atoms with Crippen LogP contribution in [0.3, 0.4) is 0 Å². The molecule has 4 rings (SSSR count). The molecule has 1 saturated heterocycles. The van der Waals surface area contributed by atoms with Gasteiger partial charge in [0.15, 0.2) is 0 Å². The second-order valence-corrected chi connectivity index (χ2v) is 9.15. The highest BCUT2D eigenvalue weighted by Gasteiger charge is 2.52. The quantitative estimate of drug-likeness (QED) is 0.622.